The number of hydrogen-bond acceptors (Lipinski definition) is 6. The first-order chi connectivity index (χ1) is 12.4. The van der Waals surface area contributed by atoms with Crippen LogP contribution in [0.15, 0.2) is 47.6 Å². The first-order valence-corrected chi connectivity index (χ1v) is 9.01. The maximum Gasteiger partial charge on any atom is 0.237 e. The minimum atomic E-state index is -0.435. The van der Waals surface area contributed by atoms with Crippen molar-refractivity contribution in [3.05, 3.63) is 53.1 Å². The van der Waals surface area contributed by atoms with Gasteiger partial charge < -0.3 is 10.4 Å². The smallest absolute Gasteiger partial charge is 0.237 e. The van der Waals surface area contributed by atoms with Crippen LogP contribution in [0.2, 0.25) is 5.02 Å². The lowest BCUT2D eigenvalue weighted by atomic mass is 10.2. The maximum atomic E-state index is 12.5. The predicted octanol–water partition coefficient (Wildman–Crippen LogP) is 3.45. The van der Waals surface area contributed by atoms with Crippen LogP contribution in [-0.4, -0.2) is 36.5 Å². The number of halogens is 1. The molecule has 0 unspecified atom stereocenters. The van der Waals surface area contributed by atoms with Gasteiger partial charge in [0.15, 0.2) is 0 Å². The molecule has 7 nitrogen and oxygen atoms in total. The number of hydrogen-bond donors (Lipinski definition) is 2. The van der Waals surface area contributed by atoms with E-state index in [1.807, 2.05) is 13.0 Å². The van der Waals surface area contributed by atoms with Crippen molar-refractivity contribution in [2.24, 2.45) is 0 Å². The molecule has 1 heterocycles. The largest absolute Gasteiger partial charge is 0.508 e. The van der Waals surface area contributed by atoms with Crippen LogP contribution in [0.1, 0.15) is 12.5 Å². The summed E-state index contributed by atoms with van der Waals surface area (Å²) in [7, 11) is 0. The highest BCUT2D eigenvalue weighted by Gasteiger charge is 2.20. The third-order valence-corrected chi connectivity index (χ3v) is 4.91. The van der Waals surface area contributed by atoms with E-state index in [1.165, 1.54) is 16.4 Å². The normalized spacial score (nSPS) is 12.0. The number of rotatable bonds is 5. The minimum Gasteiger partial charge on any atom is -0.508 e. The highest BCUT2D eigenvalue weighted by molar-refractivity contribution is 8.00. The van der Waals surface area contributed by atoms with Crippen molar-refractivity contribution in [2.75, 3.05) is 5.32 Å². The van der Waals surface area contributed by atoms with Crippen LogP contribution in [0.3, 0.4) is 0 Å². The van der Waals surface area contributed by atoms with E-state index >= 15 is 0 Å². The standard InChI is InChI=1S/C17H16ClN5O2S/c1-10-3-4-12(18)9-15(10)19-16(25)11(2)26-17-20-21-22-23(17)13-5-7-14(24)8-6-13/h3-9,11,24H,1-2H3,(H,19,25)/t11-/m1/s1. The fourth-order valence-electron chi connectivity index (χ4n) is 2.18. The van der Waals surface area contributed by atoms with Crippen LogP contribution in [0.25, 0.3) is 5.69 Å². The number of nitrogens with one attached hydrogen (secondary N) is 1. The molecule has 2 N–H and O–H groups in total. The van der Waals surface area contributed by atoms with Gasteiger partial charge in [0.1, 0.15) is 5.75 Å². The number of amides is 1. The minimum absolute atomic E-state index is 0.153. The number of carbonyl (C=O) groups is 1. The SMILES string of the molecule is Cc1ccc(Cl)cc1NC(=O)[C@@H](C)Sc1nnnn1-c1ccc(O)cc1. The Morgan fingerprint density at radius 3 is 2.73 bits per heavy atom. The van der Waals surface area contributed by atoms with Gasteiger partial charge in [-0.1, -0.05) is 29.4 Å². The molecule has 134 valence electrons. The number of aromatic nitrogens is 4. The van der Waals surface area contributed by atoms with Crippen LogP contribution in [0.4, 0.5) is 5.69 Å². The van der Waals surface area contributed by atoms with Gasteiger partial charge in [-0.2, -0.15) is 4.68 Å². The molecule has 26 heavy (non-hydrogen) atoms. The van der Waals surface area contributed by atoms with Gasteiger partial charge in [0.2, 0.25) is 11.1 Å². The predicted molar refractivity (Wildman–Crippen MR) is 101 cm³/mol. The third-order valence-electron chi connectivity index (χ3n) is 3.64. The van der Waals surface area contributed by atoms with Crippen molar-refractivity contribution in [1.82, 2.24) is 20.2 Å². The fraction of sp³-hybridized carbons (Fsp3) is 0.176. The summed E-state index contributed by atoms with van der Waals surface area (Å²) in [4.78, 5) is 12.5. The molecule has 9 heteroatoms. The number of tetrazole rings is 1. The van der Waals surface area contributed by atoms with Gasteiger partial charge in [0, 0.05) is 10.7 Å². The first-order valence-electron chi connectivity index (χ1n) is 7.75. The van der Waals surface area contributed by atoms with Crippen molar-refractivity contribution in [1.29, 1.82) is 0 Å². The number of carbonyl (C=O) groups excluding carboxylic acids is 1. The summed E-state index contributed by atoms with van der Waals surface area (Å²) in [6, 6.07) is 11.8. The second-order valence-electron chi connectivity index (χ2n) is 5.60. The zero-order valence-corrected chi connectivity index (χ0v) is 15.6. The highest BCUT2D eigenvalue weighted by Crippen LogP contribution is 2.26. The average Bonchev–Trinajstić information content (AvgIpc) is 3.07. The quantitative estimate of drug-likeness (QED) is 0.649. The molecule has 0 saturated carbocycles. The van der Waals surface area contributed by atoms with Crippen LogP contribution in [0, 0.1) is 6.92 Å². The maximum absolute atomic E-state index is 12.5. The molecule has 1 atom stereocenters. The Bertz CT molecular complexity index is 929. The second kappa shape index (κ2) is 7.76. The lowest BCUT2D eigenvalue weighted by Gasteiger charge is -2.13. The van der Waals surface area contributed by atoms with E-state index in [0.717, 1.165) is 5.56 Å². The molecule has 2 aromatic carbocycles. The van der Waals surface area contributed by atoms with Gasteiger partial charge in [-0.05, 0) is 66.2 Å². The molecule has 0 aliphatic carbocycles. The van der Waals surface area contributed by atoms with Crippen molar-refractivity contribution in [3.8, 4) is 11.4 Å². The summed E-state index contributed by atoms with van der Waals surface area (Å²) < 4.78 is 1.51. The van der Waals surface area contributed by atoms with Crippen LogP contribution < -0.4 is 5.32 Å². The summed E-state index contributed by atoms with van der Waals surface area (Å²) in [5.41, 5.74) is 2.29. The zero-order chi connectivity index (χ0) is 18.7. The number of nitrogens with zero attached hydrogens (tertiary/aromatic N) is 4. The number of thioether (sulfide) groups is 1. The van der Waals surface area contributed by atoms with Gasteiger partial charge in [0.05, 0.1) is 10.9 Å². The van der Waals surface area contributed by atoms with E-state index in [1.54, 1.807) is 43.3 Å². The van der Waals surface area contributed by atoms with E-state index in [9.17, 15) is 9.90 Å². The van der Waals surface area contributed by atoms with Gasteiger partial charge in [-0.3, -0.25) is 4.79 Å². The summed E-state index contributed by atoms with van der Waals surface area (Å²) in [5.74, 6) is -0.0266. The molecular formula is C17H16ClN5O2S. The molecule has 0 aliphatic heterocycles. The van der Waals surface area contributed by atoms with Crippen molar-refractivity contribution < 1.29 is 9.90 Å². The van der Waals surface area contributed by atoms with Crippen molar-refractivity contribution in [2.45, 2.75) is 24.3 Å². The van der Waals surface area contributed by atoms with Crippen LogP contribution in [-0.2, 0) is 4.79 Å². The molecule has 3 aromatic rings. The van der Waals surface area contributed by atoms with E-state index in [4.69, 9.17) is 11.6 Å². The van der Waals surface area contributed by atoms with E-state index < -0.39 is 5.25 Å². The number of phenols is 1. The lowest BCUT2D eigenvalue weighted by Crippen LogP contribution is -2.23. The van der Waals surface area contributed by atoms with Gasteiger partial charge in [-0.15, -0.1) is 5.10 Å². The van der Waals surface area contributed by atoms with Gasteiger partial charge in [0.25, 0.3) is 0 Å². The molecule has 0 bridgehead atoms. The Morgan fingerprint density at radius 2 is 2.00 bits per heavy atom. The van der Waals surface area contributed by atoms with Gasteiger partial charge >= 0.3 is 0 Å². The number of aryl methyl sites for hydroxylation is 1. The van der Waals surface area contributed by atoms with Crippen LogP contribution in [0.5, 0.6) is 5.75 Å². The van der Waals surface area contributed by atoms with Gasteiger partial charge in [-0.25, -0.2) is 0 Å². The molecule has 0 spiro atoms. The van der Waals surface area contributed by atoms with E-state index in [-0.39, 0.29) is 11.7 Å². The molecule has 0 aliphatic rings. The van der Waals surface area contributed by atoms with Crippen molar-refractivity contribution in [3.63, 3.8) is 0 Å². The molecule has 0 fully saturated rings. The Morgan fingerprint density at radius 1 is 1.27 bits per heavy atom. The summed E-state index contributed by atoms with van der Waals surface area (Å²) in [5, 5.41) is 24.5. The molecular weight excluding hydrogens is 374 g/mol. The second-order valence-corrected chi connectivity index (χ2v) is 7.34. The Labute approximate surface area is 159 Å². The Hall–Kier alpha value is -2.58. The number of anilines is 1. The molecule has 0 radical (unpaired) electrons. The van der Waals surface area contributed by atoms with E-state index in [0.29, 0.717) is 21.6 Å². The first kappa shape index (κ1) is 18.2. The topological polar surface area (TPSA) is 92.9 Å². The number of phenolic OH excluding ortho intramolecular Hbond substituents is 1. The molecule has 3 rings (SSSR count). The number of benzene rings is 2. The fourth-order valence-corrected chi connectivity index (χ4v) is 3.16. The van der Waals surface area contributed by atoms with E-state index in [2.05, 4.69) is 20.8 Å². The summed E-state index contributed by atoms with van der Waals surface area (Å²) >= 11 is 7.22. The highest BCUT2D eigenvalue weighted by atomic mass is 35.5. The molecule has 0 saturated heterocycles. The van der Waals surface area contributed by atoms with Crippen LogP contribution >= 0.6 is 23.4 Å². The summed E-state index contributed by atoms with van der Waals surface area (Å²) in [6.45, 7) is 3.67. The average molecular weight is 390 g/mol. The molecule has 1 aromatic heterocycles. The number of aromatic hydroxyl groups is 1. The zero-order valence-electron chi connectivity index (χ0n) is 14.0. The van der Waals surface area contributed by atoms with Crippen molar-refractivity contribution >= 4 is 35.0 Å². The Balaban J connectivity index is 1.73. The molecule has 1 amide bonds. The third kappa shape index (κ3) is 4.14. The summed E-state index contributed by atoms with van der Waals surface area (Å²) in [6.07, 6.45) is 0. The monoisotopic (exact) mass is 389 g/mol. The Kier molecular flexibility index (Phi) is 5.43. The lowest BCUT2D eigenvalue weighted by molar-refractivity contribution is -0.115.